The van der Waals surface area contributed by atoms with E-state index in [1.807, 2.05) is 0 Å². The summed E-state index contributed by atoms with van der Waals surface area (Å²) in [6.07, 6.45) is 4.20. The molecule has 5 nitrogen and oxygen atoms in total. The molecule has 0 fully saturated rings. The highest BCUT2D eigenvalue weighted by Crippen LogP contribution is 2.32. The summed E-state index contributed by atoms with van der Waals surface area (Å²) in [5.74, 6) is -0.188. The number of ether oxygens (including phenoxy) is 1. The van der Waals surface area contributed by atoms with Crippen LogP contribution >= 0.6 is 0 Å². The predicted molar refractivity (Wildman–Crippen MR) is 77.5 cm³/mol. The van der Waals surface area contributed by atoms with Gasteiger partial charge < -0.3 is 19.9 Å². The number of fused-ring (bicyclic) bond motifs is 1. The Bertz CT molecular complexity index is 648. The van der Waals surface area contributed by atoms with Gasteiger partial charge in [0.25, 0.3) is 5.56 Å². The molecular weight excluding hydrogens is 258 g/mol. The van der Waals surface area contributed by atoms with E-state index in [-0.39, 0.29) is 11.5 Å². The van der Waals surface area contributed by atoms with Crippen molar-refractivity contribution in [1.29, 1.82) is 0 Å². The third kappa shape index (κ3) is 3.04. The molecule has 3 N–H and O–H groups in total. The zero-order valence-electron chi connectivity index (χ0n) is 11.5. The molecule has 0 bridgehead atoms. The summed E-state index contributed by atoms with van der Waals surface area (Å²) in [6.45, 7) is 2.58. The van der Waals surface area contributed by atoms with Gasteiger partial charge in [0.15, 0.2) is 5.75 Å². The molecule has 1 aromatic carbocycles. The van der Waals surface area contributed by atoms with E-state index in [9.17, 15) is 15.0 Å². The number of benzene rings is 1. The average Bonchev–Trinajstić information content (AvgIpc) is 2.42. The number of hydrogen-bond donors (Lipinski definition) is 3. The minimum Gasteiger partial charge on any atom is -0.508 e. The maximum atomic E-state index is 11.6. The molecule has 2 aromatic rings. The lowest BCUT2D eigenvalue weighted by atomic mass is 10.2. The molecule has 0 spiro atoms. The van der Waals surface area contributed by atoms with Gasteiger partial charge in [0.2, 0.25) is 5.75 Å². The first-order valence-corrected chi connectivity index (χ1v) is 6.84. The molecule has 2 rings (SSSR count). The van der Waals surface area contributed by atoms with Crippen molar-refractivity contribution < 1.29 is 14.9 Å². The van der Waals surface area contributed by atoms with Gasteiger partial charge in [-0.25, -0.2) is 0 Å². The topological polar surface area (TPSA) is 82.5 Å². The van der Waals surface area contributed by atoms with Crippen LogP contribution in [0.1, 0.15) is 32.6 Å². The maximum absolute atomic E-state index is 11.6. The predicted octanol–water partition coefficient (Wildman–Crippen LogP) is 2.90. The zero-order valence-corrected chi connectivity index (χ0v) is 11.5. The molecule has 0 radical (unpaired) electrons. The Morgan fingerprint density at radius 3 is 2.75 bits per heavy atom. The molecule has 108 valence electrons. The number of aromatic amines is 1. The quantitative estimate of drug-likeness (QED) is 0.709. The first-order chi connectivity index (χ1) is 9.63. The second-order valence-corrected chi connectivity index (χ2v) is 4.77. The normalized spacial score (nSPS) is 10.8. The summed E-state index contributed by atoms with van der Waals surface area (Å²) in [6, 6.07) is 4.53. The number of aromatic hydroxyl groups is 2. The SMILES string of the molecule is CCCCCCOc1c(O)c(=O)[nH]c2cc(O)ccc12. The summed E-state index contributed by atoms with van der Waals surface area (Å²) in [5.41, 5.74) is -0.178. The number of unbranched alkanes of at least 4 members (excludes halogenated alkanes) is 3. The van der Waals surface area contributed by atoms with E-state index < -0.39 is 11.3 Å². The van der Waals surface area contributed by atoms with Gasteiger partial charge >= 0.3 is 0 Å². The number of aromatic nitrogens is 1. The van der Waals surface area contributed by atoms with Gasteiger partial charge in [-0.2, -0.15) is 0 Å². The molecule has 0 aliphatic heterocycles. The van der Waals surface area contributed by atoms with E-state index in [1.165, 1.54) is 12.1 Å². The Morgan fingerprint density at radius 2 is 2.00 bits per heavy atom. The second kappa shape index (κ2) is 6.32. The Kier molecular flexibility index (Phi) is 4.50. The standard InChI is InChI=1S/C15H19NO4/c1-2-3-4-5-8-20-14-11-7-6-10(17)9-12(11)16-15(19)13(14)18/h6-7,9,17-18H,2-5,8H2,1H3,(H,16,19). The van der Waals surface area contributed by atoms with Crippen LogP contribution in [0, 0.1) is 0 Å². The number of hydrogen-bond acceptors (Lipinski definition) is 4. The molecule has 0 atom stereocenters. The third-order valence-corrected chi connectivity index (χ3v) is 3.17. The van der Waals surface area contributed by atoms with E-state index in [0.29, 0.717) is 17.5 Å². The Balaban J connectivity index is 2.26. The lowest BCUT2D eigenvalue weighted by Crippen LogP contribution is -2.08. The van der Waals surface area contributed by atoms with Crippen molar-refractivity contribution in [3.05, 3.63) is 28.6 Å². The van der Waals surface area contributed by atoms with Crippen molar-refractivity contribution >= 4 is 10.9 Å². The molecule has 1 heterocycles. The molecule has 5 heteroatoms. The molecular formula is C15H19NO4. The van der Waals surface area contributed by atoms with Gasteiger partial charge in [0, 0.05) is 11.5 Å². The van der Waals surface area contributed by atoms with Crippen molar-refractivity contribution in [3.63, 3.8) is 0 Å². The highest BCUT2D eigenvalue weighted by Gasteiger charge is 2.13. The van der Waals surface area contributed by atoms with E-state index in [0.717, 1.165) is 25.7 Å². The summed E-state index contributed by atoms with van der Waals surface area (Å²) < 4.78 is 5.57. The van der Waals surface area contributed by atoms with Crippen LogP contribution < -0.4 is 10.3 Å². The molecule has 0 amide bonds. The molecule has 0 unspecified atom stereocenters. The van der Waals surface area contributed by atoms with Crippen LogP contribution in [-0.2, 0) is 0 Å². The van der Waals surface area contributed by atoms with E-state index in [4.69, 9.17) is 4.74 Å². The smallest absolute Gasteiger partial charge is 0.294 e. The molecule has 20 heavy (non-hydrogen) atoms. The van der Waals surface area contributed by atoms with Gasteiger partial charge in [-0.1, -0.05) is 26.2 Å². The Morgan fingerprint density at radius 1 is 1.20 bits per heavy atom. The number of phenolic OH excluding ortho intramolecular Hbond substituents is 1. The highest BCUT2D eigenvalue weighted by atomic mass is 16.5. The first kappa shape index (κ1) is 14.2. The fraction of sp³-hybridized carbons (Fsp3) is 0.400. The average molecular weight is 277 g/mol. The first-order valence-electron chi connectivity index (χ1n) is 6.84. The van der Waals surface area contributed by atoms with Crippen LogP contribution in [0.15, 0.2) is 23.0 Å². The Hall–Kier alpha value is -2.17. The molecule has 0 aliphatic rings. The van der Waals surface area contributed by atoms with Crippen LogP contribution in [0.3, 0.4) is 0 Å². The van der Waals surface area contributed by atoms with Crippen molar-refractivity contribution in [2.45, 2.75) is 32.6 Å². The van der Waals surface area contributed by atoms with Crippen molar-refractivity contribution in [3.8, 4) is 17.2 Å². The summed E-state index contributed by atoms with van der Waals surface area (Å²) >= 11 is 0. The molecule has 0 saturated heterocycles. The Labute approximate surface area is 116 Å². The summed E-state index contributed by atoms with van der Waals surface area (Å²) in [7, 11) is 0. The van der Waals surface area contributed by atoms with Crippen LogP contribution in [-0.4, -0.2) is 21.8 Å². The minimum atomic E-state index is -0.619. The summed E-state index contributed by atoms with van der Waals surface area (Å²) in [5, 5.41) is 19.8. The highest BCUT2D eigenvalue weighted by molar-refractivity contribution is 5.88. The zero-order chi connectivity index (χ0) is 14.5. The van der Waals surface area contributed by atoms with Crippen LogP contribution in [0.2, 0.25) is 0 Å². The van der Waals surface area contributed by atoms with E-state index in [1.54, 1.807) is 6.07 Å². The van der Waals surface area contributed by atoms with Gasteiger partial charge in [0.1, 0.15) is 5.75 Å². The summed E-state index contributed by atoms with van der Waals surface area (Å²) in [4.78, 5) is 14.1. The van der Waals surface area contributed by atoms with E-state index >= 15 is 0 Å². The number of nitrogens with one attached hydrogen (secondary N) is 1. The van der Waals surface area contributed by atoms with Gasteiger partial charge in [0.05, 0.1) is 12.1 Å². The number of rotatable bonds is 6. The number of pyridine rings is 1. The number of phenols is 1. The maximum Gasteiger partial charge on any atom is 0.294 e. The fourth-order valence-electron chi connectivity index (χ4n) is 2.10. The van der Waals surface area contributed by atoms with Crippen LogP contribution in [0.25, 0.3) is 10.9 Å². The molecule has 1 aromatic heterocycles. The van der Waals surface area contributed by atoms with Gasteiger partial charge in [-0.05, 0) is 18.6 Å². The van der Waals surface area contributed by atoms with Crippen LogP contribution in [0.5, 0.6) is 17.2 Å². The number of H-pyrrole nitrogens is 1. The largest absolute Gasteiger partial charge is 0.508 e. The third-order valence-electron chi connectivity index (χ3n) is 3.17. The fourth-order valence-corrected chi connectivity index (χ4v) is 2.10. The monoisotopic (exact) mass is 277 g/mol. The van der Waals surface area contributed by atoms with Crippen molar-refractivity contribution in [1.82, 2.24) is 4.98 Å². The van der Waals surface area contributed by atoms with Gasteiger partial charge in [-0.3, -0.25) is 4.79 Å². The lowest BCUT2D eigenvalue weighted by molar-refractivity contribution is 0.291. The minimum absolute atomic E-state index is 0.0488. The van der Waals surface area contributed by atoms with Crippen molar-refractivity contribution in [2.24, 2.45) is 0 Å². The van der Waals surface area contributed by atoms with E-state index in [2.05, 4.69) is 11.9 Å². The second-order valence-electron chi connectivity index (χ2n) is 4.77. The lowest BCUT2D eigenvalue weighted by Gasteiger charge is -2.10. The van der Waals surface area contributed by atoms with Gasteiger partial charge in [-0.15, -0.1) is 0 Å². The molecule has 0 aliphatic carbocycles. The molecule has 0 saturated carbocycles. The van der Waals surface area contributed by atoms with Crippen molar-refractivity contribution in [2.75, 3.05) is 6.61 Å². The van der Waals surface area contributed by atoms with Crippen LogP contribution in [0.4, 0.5) is 0 Å².